The number of Topliss-reactive ketones (excluding diaryl/α,β-unsaturated/α-hetero) is 1. The quantitative estimate of drug-likeness (QED) is 0.284. The Kier molecular flexibility index (Phi) is 6.12. The Balaban J connectivity index is 1.35. The standard InChI is InChI=1S/C20H16ClN5O2S2/c1-11-3-8-15(9-12(11)2)22-19-25-26-20(30-19)29-10-16(27)18-24-23-17(28-18)13-4-6-14(21)7-5-13/h3-9H,10H2,1-2H3,(H,22,25). The van der Waals surface area contributed by atoms with E-state index in [1.165, 1.54) is 34.2 Å². The lowest BCUT2D eigenvalue weighted by atomic mass is 10.1. The van der Waals surface area contributed by atoms with Gasteiger partial charge in [0.25, 0.3) is 5.89 Å². The molecule has 2 aromatic heterocycles. The van der Waals surface area contributed by atoms with Gasteiger partial charge in [0, 0.05) is 16.3 Å². The minimum atomic E-state index is -0.272. The maximum absolute atomic E-state index is 12.4. The third-order valence-corrected chi connectivity index (χ3v) is 6.47. The van der Waals surface area contributed by atoms with Crippen molar-refractivity contribution in [2.75, 3.05) is 11.1 Å². The second-order valence-electron chi connectivity index (χ2n) is 6.43. The molecule has 0 spiro atoms. The fraction of sp³-hybridized carbons (Fsp3) is 0.150. The molecule has 0 unspecified atom stereocenters. The van der Waals surface area contributed by atoms with Gasteiger partial charge in [-0.05, 0) is 61.4 Å². The van der Waals surface area contributed by atoms with Gasteiger partial charge in [0.1, 0.15) is 0 Å². The van der Waals surface area contributed by atoms with E-state index in [4.69, 9.17) is 16.0 Å². The molecule has 0 aliphatic rings. The minimum absolute atomic E-state index is 0.0366. The Labute approximate surface area is 185 Å². The van der Waals surface area contributed by atoms with Gasteiger partial charge in [-0.15, -0.1) is 20.4 Å². The van der Waals surface area contributed by atoms with Gasteiger partial charge in [-0.1, -0.05) is 40.8 Å². The van der Waals surface area contributed by atoms with E-state index >= 15 is 0 Å². The summed E-state index contributed by atoms with van der Waals surface area (Å²) in [5.74, 6) is 0.0911. The van der Waals surface area contributed by atoms with Crippen molar-refractivity contribution in [1.29, 1.82) is 0 Å². The Morgan fingerprint density at radius 2 is 1.87 bits per heavy atom. The molecule has 0 aliphatic carbocycles. The zero-order chi connectivity index (χ0) is 21.1. The van der Waals surface area contributed by atoms with Gasteiger partial charge in [-0.3, -0.25) is 4.79 Å². The van der Waals surface area contributed by atoms with E-state index in [1.807, 2.05) is 6.07 Å². The molecule has 2 heterocycles. The molecule has 0 aliphatic heterocycles. The van der Waals surface area contributed by atoms with Crippen molar-refractivity contribution in [3.05, 3.63) is 64.5 Å². The van der Waals surface area contributed by atoms with Crippen LogP contribution in [0, 0.1) is 13.8 Å². The monoisotopic (exact) mass is 457 g/mol. The molecule has 0 bridgehead atoms. The molecular formula is C20H16ClN5O2S2. The first kappa shape index (κ1) is 20.5. The summed E-state index contributed by atoms with van der Waals surface area (Å²) in [6.07, 6.45) is 0. The summed E-state index contributed by atoms with van der Waals surface area (Å²) in [5.41, 5.74) is 4.07. The summed E-state index contributed by atoms with van der Waals surface area (Å²) in [6, 6.07) is 13.0. The number of halogens is 1. The summed E-state index contributed by atoms with van der Waals surface area (Å²) in [4.78, 5) is 12.4. The first-order valence-corrected chi connectivity index (χ1v) is 11.1. The van der Waals surface area contributed by atoms with Gasteiger partial charge in [-0.25, -0.2) is 0 Å². The number of hydrogen-bond donors (Lipinski definition) is 1. The van der Waals surface area contributed by atoms with Gasteiger partial charge in [0.2, 0.25) is 16.8 Å². The second-order valence-corrected chi connectivity index (χ2v) is 9.06. The van der Waals surface area contributed by atoms with Crippen LogP contribution in [0.5, 0.6) is 0 Å². The summed E-state index contributed by atoms with van der Waals surface area (Å²) >= 11 is 8.53. The highest BCUT2D eigenvalue weighted by atomic mass is 35.5. The lowest BCUT2D eigenvalue weighted by Gasteiger charge is -2.05. The number of nitrogens with one attached hydrogen (secondary N) is 1. The van der Waals surface area contributed by atoms with Crippen LogP contribution in [0.2, 0.25) is 5.02 Å². The molecule has 0 saturated heterocycles. The first-order valence-electron chi connectivity index (χ1n) is 8.91. The fourth-order valence-electron chi connectivity index (χ4n) is 2.50. The van der Waals surface area contributed by atoms with Crippen LogP contribution in [-0.4, -0.2) is 31.9 Å². The van der Waals surface area contributed by atoms with Gasteiger partial charge in [0.15, 0.2) is 4.34 Å². The van der Waals surface area contributed by atoms with Crippen molar-refractivity contribution in [2.24, 2.45) is 0 Å². The van der Waals surface area contributed by atoms with Gasteiger partial charge in [-0.2, -0.15) is 0 Å². The lowest BCUT2D eigenvalue weighted by Crippen LogP contribution is -2.02. The van der Waals surface area contributed by atoms with Crippen molar-refractivity contribution in [3.8, 4) is 11.5 Å². The predicted octanol–water partition coefficient (Wildman–Crippen LogP) is 5.58. The molecule has 4 aromatic rings. The lowest BCUT2D eigenvalue weighted by molar-refractivity contribution is 0.0986. The number of carbonyl (C=O) groups excluding carboxylic acids is 1. The second kappa shape index (κ2) is 8.95. The van der Waals surface area contributed by atoms with Crippen LogP contribution in [0.25, 0.3) is 11.5 Å². The van der Waals surface area contributed by atoms with Gasteiger partial charge in [0.05, 0.1) is 5.75 Å². The van der Waals surface area contributed by atoms with E-state index in [1.54, 1.807) is 24.3 Å². The van der Waals surface area contributed by atoms with Gasteiger partial charge >= 0.3 is 0 Å². The summed E-state index contributed by atoms with van der Waals surface area (Å²) < 4.78 is 6.16. The SMILES string of the molecule is Cc1ccc(Nc2nnc(SCC(=O)c3nnc(-c4ccc(Cl)cc4)o3)s2)cc1C. The van der Waals surface area contributed by atoms with E-state index in [0.717, 1.165) is 5.69 Å². The van der Waals surface area contributed by atoms with E-state index in [0.29, 0.717) is 20.1 Å². The molecule has 0 radical (unpaired) electrons. The maximum Gasteiger partial charge on any atom is 0.285 e. The number of thioether (sulfide) groups is 1. The fourth-order valence-corrected chi connectivity index (χ4v) is 4.24. The number of nitrogens with zero attached hydrogens (tertiary/aromatic N) is 4. The van der Waals surface area contributed by atoms with Gasteiger partial charge < -0.3 is 9.73 Å². The highest BCUT2D eigenvalue weighted by molar-refractivity contribution is 8.01. The van der Waals surface area contributed by atoms with E-state index in [2.05, 4.69) is 51.7 Å². The molecule has 0 atom stereocenters. The topological polar surface area (TPSA) is 93.8 Å². The number of aromatic nitrogens is 4. The van der Waals surface area contributed by atoms with E-state index in [-0.39, 0.29) is 23.3 Å². The predicted molar refractivity (Wildman–Crippen MR) is 119 cm³/mol. The molecule has 10 heteroatoms. The van der Waals surface area contributed by atoms with Crippen LogP contribution in [0.15, 0.2) is 51.2 Å². The average molecular weight is 458 g/mol. The molecule has 7 nitrogen and oxygen atoms in total. The van der Waals surface area contributed by atoms with Crippen LogP contribution >= 0.6 is 34.7 Å². The zero-order valence-corrected chi connectivity index (χ0v) is 18.4. The van der Waals surface area contributed by atoms with E-state index < -0.39 is 0 Å². The minimum Gasteiger partial charge on any atom is -0.414 e. The van der Waals surface area contributed by atoms with Crippen molar-refractivity contribution >= 4 is 51.3 Å². The number of benzene rings is 2. The zero-order valence-electron chi connectivity index (χ0n) is 16.0. The molecule has 0 saturated carbocycles. The van der Waals surface area contributed by atoms with Crippen LogP contribution in [-0.2, 0) is 0 Å². The average Bonchev–Trinajstić information content (AvgIpc) is 3.39. The van der Waals surface area contributed by atoms with Crippen molar-refractivity contribution in [1.82, 2.24) is 20.4 Å². The maximum atomic E-state index is 12.4. The number of carbonyl (C=O) groups is 1. The van der Waals surface area contributed by atoms with Crippen LogP contribution < -0.4 is 5.32 Å². The highest BCUT2D eigenvalue weighted by Gasteiger charge is 2.17. The largest absolute Gasteiger partial charge is 0.414 e. The number of anilines is 2. The van der Waals surface area contributed by atoms with Crippen LogP contribution in [0.3, 0.4) is 0 Å². The molecule has 0 amide bonds. The Bertz CT molecular complexity index is 1190. The molecule has 2 aromatic carbocycles. The summed E-state index contributed by atoms with van der Waals surface area (Å²) in [7, 11) is 0. The van der Waals surface area contributed by atoms with Crippen molar-refractivity contribution < 1.29 is 9.21 Å². The summed E-state index contributed by atoms with van der Waals surface area (Å²) in [5, 5.41) is 20.5. The van der Waals surface area contributed by atoms with Crippen molar-refractivity contribution in [3.63, 3.8) is 0 Å². The van der Waals surface area contributed by atoms with E-state index in [9.17, 15) is 4.79 Å². The molecule has 30 heavy (non-hydrogen) atoms. The summed E-state index contributed by atoms with van der Waals surface area (Å²) in [6.45, 7) is 4.13. The number of ketones is 1. The molecule has 152 valence electrons. The first-order chi connectivity index (χ1) is 14.5. The third kappa shape index (κ3) is 4.86. The number of rotatable bonds is 7. The van der Waals surface area contributed by atoms with Crippen LogP contribution in [0.1, 0.15) is 21.8 Å². The molecular weight excluding hydrogens is 442 g/mol. The molecule has 4 rings (SSSR count). The Morgan fingerprint density at radius 1 is 1.07 bits per heavy atom. The Hall–Kier alpha value is -2.75. The molecule has 1 N–H and O–H groups in total. The van der Waals surface area contributed by atoms with Crippen molar-refractivity contribution in [2.45, 2.75) is 18.2 Å². The highest BCUT2D eigenvalue weighted by Crippen LogP contribution is 2.29. The van der Waals surface area contributed by atoms with Crippen LogP contribution in [0.4, 0.5) is 10.8 Å². The number of hydrogen-bond acceptors (Lipinski definition) is 9. The number of aryl methyl sites for hydroxylation is 2. The smallest absolute Gasteiger partial charge is 0.285 e. The molecule has 0 fully saturated rings. The normalized spacial score (nSPS) is 10.9. The third-order valence-electron chi connectivity index (χ3n) is 4.25. The Morgan fingerprint density at radius 3 is 2.63 bits per heavy atom.